The van der Waals surface area contributed by atoms with Crippen molar-refractivity contribution in [2.45, 2.75) is 18.7 Å². The molecule has 9 heteroatoms. The number of aliphatic imine (C=N–C) groups is 1. The van der Waals surface area contributed by atoms with E-state index >= 15 is 0 Å². The van der Waals surface area contributed by atoms with Gasteiger partial charge in [0.15, 0.2) is 5.84 Å². The summed E-state index contributed by atoms with van der Waals surface area (Å²) >= 11 is 12.5. The molecule has 0 fully saturated rings. The molecule has 0 aliphatic heterocycles. The Hall–Kier alpha value is -1.87. The normalized spacial score (nSPS) is 15.7. The first-order valence-corrected chi connectivity index (χ1v) is 12.0. The van der Waals surface area contributed by atoms with Crippen LogP contribution in [0.5, 0.6) is 0 Å². The minimum atomic E-state index is -4.05. The van der Waals surface area contributed by atoms with Crippen LogP contribution in [0.1, 0.15) is 19.4 Å². The topological polar surface area (TPSA) is 75.9 Å². The summed E-state index contributed by atoms with van der Waals surface area (Å²) in [5.74, 6) is -0.190. The molecule has 0 amide bonds. The van der Waals surface area contributed by atoms with E-state index in [1.807, 2.05) is 6.07 Å². The van der Waals surface area contributed by atoms with Gasteiger partial charge >= 0.3 is 0 Å². The molecule has 0 atom stereocenters. The van der Waals surface area contributed by atoms with Gasteiger partial charge in [0.1, 0.15) is 0 Å². The zero-order valence-electron chi connectivity index (χ0n) is 15.9. The maximum absolute atomic E-state index is 12.9. The number of ketones is 1. The molecule has 0 bridgehead atoms. The van der Waals surface area contributed by atoms with Crippen LogP contribution in [-0.4, -0.2) is 25.7 Å². The number of hydrogen-bond donors (Lipinski definition) is 0. The van der Waals surface area contributed by atoms with Crippen molar-refractivity contribution in [3.8, 4) is 0 Å². The maximum Gasteiger partial charge on any atom is 0.284 e. The lowest BCUT2D eigenvalue weighted by Gasteiger charge is -2.18. The van der Waals surface area contributed by atoms with Crippen molar-refractivity contribution in [3.05, 3.63) is 85.3 Å². The highest BCUT2D eigenvalue weighted by Crippen LogP contribution is 2.32. The molecule has 0 N–H and O–H groups in total. The van der Waals surface area contributed by atoms with Crippen LogP contribution in [0.25, 0.3) is 0 Å². The number of carbonyl (C=O) groups excluding carboxylic acids is 1. The van der Waals surface area contributed by atoms with Crippen LogP contribution in [0.3, 0.4) is 0 Å². The summed E-state index contributed by atoms with van der Waals surface area (Å²) in [6.07, 6.45) is 0. The standard InChI is InChI=1S/C21H15Br2ClN2O3S/c1-12-17(22)20(27)18(23)13(2)19(12)25-21(14-6-4-3-5-7-14)26-30(28,29)16-10-8-15(24)9-11-16/h3-11H,1-2H3. The quantitative estimate of drug-likeness (QED) is 0.265. The summed E-state index contributed by atoms with van der Waals surface area (Å²) in [7, 11) is -4.05. The summed E-state index contributed by atoms with van der Waals surface area (Å²) in [6, 6.07) is 14.5. The first kappa shape index (κ1) is 22.8. The van der Waals surface area contributed by atoms with Crippen LogP contribution in [0.15, 0.2) is 89.0 Å². The summed E-state index contributed by atoms with van der Waals surface area (Å²) in [5.41, 5.74) is 2.16. The van der Waals surface area contributed by atoms with Gasteiger partial charge in [0.25, 0.3) is 10.0 Å². The van der Waals surface area contributed by atoms with E-state index in [4.69, 9.17) is 11.6 Å². The third-order valence-corrected chi connectivity index (χ3v) is 7.78. The van der Waals surface area contributed by atoms with Crippen molar-refractivity contribution < 1.29 is 13.2 Å². The van der Waals surface area contributed by atoms with Gasteiger partial charge in [-0.2, -0.15) is 8.42 Å². The Bertz CT molecular complexity index is 1220. The van der Waals surface area contributed by atoms with Crippen LogP contribution in [0.2, 0.25) is 5.02 Å². The van der Waals surface area contributed by atoms with Crippen LogP contribution >= 0.6 is 43.5 Å². The Balaban J connectivity index is 2.23. The summed E-state index contributed by atoms with van der Waals surface area (Å²) in [6.45, 7) is 3.47. The number of allylic oxidation sites excluding steroid dienone is 4. The minimum Gasteiger partial charge on any atom is -0.287 e. The number of amidine groups is 1. The van der Waals surface area contributed by atoms with Gasteiger partial charge in [0, 0.05) is 10.6 Å². The van der Waals surface area contributed by atoms with Gasteiger partial charge < -0.3 is 0 Å². The highest BCUT2D eigenvalue weighted by molar-refractivity contribution is 9.13. The SMILES string of the molecule is CC1=C(Br)C(=O)C(Br)=C(C)C1=NC(=NS(=O)(=O)c1ccc(Cl)cc1)c1ccccc1. The molecule has 154 valence electrons. The van der Waals surface area contributed by atoms with Crippen LogP contribution < -0.4 is 0 Å². The van der Waals surface area contributed by atoms with Gasteiger partial charge in [-0.1, -0.05) is 41.9 Å². The molecule has 0 saturated heterocycles. The average Bonchev–Trinajstić information content (AvgIpc) is 2.74. The third-order valence-electron chi connectivity index (χ3n) is 4.34. The van der Waals surface area contributed by atoms with Gasteiger partial charge in [-0.05, 0) is 81.1 Å². The molecule has 0 aromatic heterocycles. The van der Waals surface area contributed by atoms with Gasteiger partial charge in [-0.25, -0.2) is 4.99 Å². The molecule has 5 nitrogen and oxygen atoms in total. The second-order valence-electron chi connectivity index (χ2n) is 6.38. The van der Waals surface area contributed by atoms with E-state index in [-0.39, 0.29) is 16.5 Å². The molecular formula is C21H15Br2ClN2O3S. The lowest BCUT2D eigenvalue weighted by Crippen LogP contribution is -2.19. The van der Waals surface area contributed by atoms with Gasteiger partial charge in [0.2, 0.25) is 5.78 Å². The van der Waals surface area contributed by atoms with Crippen molar-refractivity contribution in [2.24, 2.45) is 9.39 Å². The van der Waals surface area contributed by atoms with Crippen LogP contribution in [0, 0.1) is 0 Å². The molecule has 0 heterocycles. The lowest BCUT2D eigenvalue weighted by atomic mass is 9.97. The van der Waals surface area contributed by atoms with Crippen molar-refractivity contribution >= 4 is 70.8 Å². The number of nitrogens with zero attached hydrogens (tertiary/aromatic N) is 2. The first-order valence-electron chi connectivity index (χ1n) is 8.64. The number of sulfonamides is 1. The molecule has 0 radical (unpaired) electrons. The number of hydrogen-bond acceptors (Lipinski definition) is 3. The summed E-state index contributed by atoms with van der Waals surface area (Å²) < 4.78 is 30.5. The Morgan fingerprint density at radius 3 is 1.97 bits per heavy atom. The van der Waals surface area contributed by atoms with E-state index in [2.05, 4.69) is 41.3 Å². The number of halogens is 3. The van der Waals surface area contributed by atoms with E-state index in [0.717, 1.165) is 0 Å². The second-order valence-corrected chi connectivity index (χ2v) is 10.0. The Kier molecular flexibility index (Phi) is 6.91. The molecule has 1 aliphatic carbocycles. The first-order chi connectivity index (χ1) is 14.1. The van der Waals surface area contributed by atoms with Crippen molar-refractivity contribution in [2.75, 3.05) is 0 Å². The van der Waals surface area contributed by atoms with Crippen LogP contribution in [-0.2, 0) is 14.8 Å². The summed E-state index contributed by atoms with van der Waals surface area (Å²) in [4.78, 5) is 16.9. The van der Waals surface area contributed by atoms with Crippen molar-refractivity contribution in [1.82, 2.24) is 0 Å². The molecule has 0 unspecified atom stereocenters. The zero-order chi connectivity index (χ0) is 22.1. The fraction of sp³-hybridized carbons (Fsp3) is 0.0952. The van der Waals surface area contributed by atoms with Gasteiger partial charge in [-0.3, -0.25) is 4.79 Å². The molecule has 0 saturated carbocycles. The van der Waals surface area contributed by atoms with E-state index < -0.39 is 10.0 Å². The van der Waals surface area contributed by atoms with E-state index in [1.165, 1.54) is 24.3 Å². The van der Waals surface area contributed by atoms with E-state index in [1.54, 1.807) is 38.1 Å². The Morgan fingerprint density at radius 1 is 0.900 bits per heavy atom. The number of rotatable bonds is 3. The summed E-state index contributed by atoms with van der Waals surface area (Å²) in [5, 5.41) is 0.421. The third kappa shape index (κ3) is 4.72. The molecule has 2 aromatic rings. The Labute approximate surface area is 196 Å². The zero-order valence-corrected chi connectivity index (χ0v) is 20.6. The second kappa shape index (κ2) is 9.09. The fourth-order valence-electron chi connectivity index (χ4n) is 2.70. The van der Waals surface area contributed by atoms with E-state index in [9.17, 15) is 13.2 Å². The van der Waals surface area contributed by atoms with E-state index in [0.29, 0.717) is 36.4 Å². The van der Waals surface area contributed by atoms with Crippen molar-refractivity contribution in [1.29, 1.82) is 0 Å². The molecule has 2 aromatic carbocycles. The van der Waals surface area contributed by atoms with Gasteiger partial charge in [0.05, 0.1) is 19.6 Å². The number of benzene rings is 2. The molecule has 0 spiro atoms. The van der Waals surface area contributed by atoms with Gasteiger partial charge in [-0.15, -0.1) is 4.40 Å². The Morgan fingerprint density at radius 2 is 1.43 bits per heavy atom. The smallest absolute Gasteiger partial charge is 0.284 e. The molecular weight excluding hydrogens is 556 g/mol. The molecule has 1 aliphatic rings. The highest BCUT2D eigenvalue weighted by atomic mass is 79.9. The fourth-order valence-corrected chi connectivity index (χ4v) is 4.82. The average molecular weight is 571 g/mol. The van der Waals surface area contributed by atoms with Crippen molar-refractivity contribution in [3.63, 3.8) is 0 Å². The largest absolute Gasteiger partial charge is 0.287 e. The molecule has 30 heavy (non-hydrogen) atoms. The predicted molar refractivity (Wildman–Crippen MR) is 127 cm³/mol. The highest BCUT2D eigenvalue weighted by Gasteiger charge is 2.27. The minimum absolute atomic E-state index is 0.00115. The van der Waals surface area contributed by atoms with Crippen LogP contribution in [0.4, 0.5) is 0 Å². The number of carbonyl (C=O) groups is 1. The maximum atomic E-state index is 12.9. The molecule has 3 rings (SSSR count). The lowest BCUT2D eigenvalue weighted by molar-refractivity contribution is -0.111. The monoisotopic (exact) mass is 568 g/mol. The predicted octanol–water partition coefficient (Wildman–Crippen LogP) is 5.84. The number of Topliss-reactive ketones (excluding diaryl/α,β-unsaturated/α-hetero) is 1.